The first-order valence-corrected chi connectivity index (χ1v) is 7.97. The SMILES string of the molecule is Bc1cccc(-c2nc(Nc3ccncc3F)c3cc(C=C)cn3n2)n1. The number of fused-ring (bicyclic) bond motifs is 1. The first kappa shape index (κ1) is 16.0. The molecule has 0 amide bonds. The van der Waals surface area contributed by atoms with Crippen molar-refractivity contribution in [1.82, 2.24) is 24.6 Å². The highest BCUT2D eigenvalue weighted by molar-refractivity contribution is 6.30. The van der Waals surface area contributed by atoms with Gasteiger partial charge in [0.05, 0.1) is 11.9 Å². The predicted octanol–water partition coefficient (Wildman–Crippen LogP) is 1.97. The Hall–Kier alpha value is -3.55. The molecule has 4 aromatic heterocycles. The molecule has 126 valence electrons. The monoisotopic (exact) mass is 344 g/mol. The zero-order chi connectivity index (χ0) is 18.1. The summed E-state index contributed by atoms with van der Waals surface area (Å²) in [5.74, 6) is 0.441. The van der Waals surface area contributed by atoms with Crippen molar-refractivity contribution in [3.05, 3.63) is 66.9 Å². The largest absolute Gasteiger partial charge is 0.336 e. The van der Waals surface area contributed by atoms with Gasteiger partial charge < -0.3 is 5.32 Å². The Morgan fingerprint density at radius 1 is 1.23 bits per heavy atom. The van der Waals surface area contributed by atoms with Crippen LogP contribution in [-0.2, 0) is 0 Å². The highest BCUT2D eigenvalue weighted by Gasteiger charge is 2.13. The van der Waals surface area contributed by atoms with Crippen molar-refractivity contribution in [3.63, 3.8) is 0 Å². The summed E-state index contributed by atoms with van der Waals surface area (Å²) < 4.78 is 15.7. The summed E-state index contributed by atoms with van der Waals surface area (Å²) in [4.78, 5) is 12.8. The Labute approximate surface area is 149 Å². The van der Waals surface area contributed by atoms with Gasteiger partial charge in [0.25, 0.3) is 0 Å². The zero-order valence-electron chi connectivity index (χ0n) is 14.0. The Morgan fingerprint density at radius 2 is 2.12 bits per heavy atom. The van der Waals surface area contributed by atoms with Gasteiger partial charge in [0, 0.05) is 12.4 Å². The van der Waals surface area contributed by atoms with Gasteiger partial charge in [0.2, 0.25) is 5.82 Å². The second kappa shape index (κ2) is 6.40. The number of anilines is 2. The molecule has 4 rings (SSSR count). The van der Waals surface area contributed by atoms with Crippen LogP contribution in [0.25, 0.3) is 23.1 Å². The molecule has 1 N–H and O–H groups in total. The molecular weight excluding hydrogens is 330 g/mol. The van der Waals surface area contributed by atoms with E-state index in [0.29, 0.717) is 22.9 Å². The van der Waals surface area contributed by atoms with Gasteiger partial charge >= 0.3 is 0 Å². The molecule has 0 radical (unpaired) electrons. The number of hydrogen-bond acceptors (Lipinski definition) is 5. The van der Waals surface area contributed by atoms with Crippen LogP contribution in [0, 0.1) is 5.82 Å². The average molecular weight is 344 g/mol. The molecular formula is C18H14BFN6. The van der Waals surface area contributed by atoms with E-state index in [0.717, 1.165) is 17.4 Å². The lowest BCUT2D eigenvalue weighted by Crippen LogP contribution is -2.10. The highest BCUT2D eigenvalue weighted by atomic mass is 19.1. The van der Waals surface area contributed by atoms with Crippen LogP contribution in [0.1, 0.15) is 5.56 Å². The van der Waals surface area contributed by atoms with Crippen molar-refractivity contribution >= 4 is 36.5 Å². The standard InChI is InChI=1S/C18H14BFN6/c1-2-11-8-15-18(23-13-6-7-21-9-12(13)20)24-17(25-26(15)10-11)14-4-3-5-16(19)22-14/h2-10H,1,19H2,(H,21,23,24,25). The number of halogens is 1. The summed E-state index contributed by atoms with van der Waals surface area (Å²) in [7, 11) is 1.90. The molecule has 26 heavy (non-hydrogen) atoms. The van der Waals surface area contributed by atoms with E-state index in [9.17, 15) is 4.39 Å². The van der Waals surface area contributed by atoms with Gasteiger partial charge in [0.1, 0.15) is 11.2 Å². The second-order valence-corrected chi connectivity index (χ2v) is 5.74. The minimum atomic E-state index is -0.463. The molecule has 0 aromatic carbocycles. The molecule has 8 heteroatoms. The van der Waals surface area contributed by atoms with Crippen molar-refractivity contribution < 1.29 is 4.39 Å². The lowest BCUT2D eigenvalue weighted by molar-refractivity contribution is 0.625. The van der Waals surface area contributed by atoms with Gasteiger partial charge in [-0.1, -0.05) is 24.8 Å². The molecule has 0 aliphatic carbocycles. The maximum Gasteiger partial charge on any atom is 0.200 e. The zero-order valence-corrected chi connectivity index (χ0v) is 14.0. The lowest BCUT2D eigenvalue weighted by Gasteiger charge is -2.10. The van der Waals surface area contributed by atoms with E-state index in [1.807, 2.05) is 38.3 Å². The third-order valence-electron chi connectivity index (χ3n) is 3.86. The number of nitrogens with one attached hydrogen (secondary N) is 1. The quantitative estimate of drug-likeness (QED) is 0.574. The summed E-state index contributed by atoms with van der Waals surface area (Å²) in [6.45, 7) is 3.78. The van der Waals surface area contributed by atoms with Crippen LogP contribution < -0.4 is 10.9 Å². The summed E-state index contributed by atoms with van der Waals surface area (Å²) >= 11 is 0. The van der Waals surface area contributed by atoms with Crippen molar-refractivity contribution in [3.8, 4) is 11.5 Å². The van der Waals surface area contributed by atoms with E-state index in [2.05, 4.69) is 31.9 Å². The third-order valence-corrected chi connectivity index (χ3v) is 3.86. The van der Waals surface area contributed by atoms with Crippen molar-refractivity contribution in [2.45, 2.75) is 0 Å². The summed E-state index contributed by atoms with van der Waals surface area (Å²) in [6, 6.07) is 9.06. The van der Waals surface area contributed by atoms with Crippen molar-refractivity contribution in [1.29, 1.82) is 0 Å². The first-order chi connectivity index (χ1) is 12.6. The summed E-state index contributed by atoms with van der Waals surface area (Å²) in [5.41, 5.74) is 3.36. The molecule has 0 saturated heterocycles. The molecule has 0 unspecified atom stereocenters. The topological polar surface area (TPSA) is 68.0 Å². The molecule has 0 atom stereocenters. The van der Waals surface area contributed by atoms with Gasteiger partial charge in [-0.05, 0) is 29.4 Å². The van der Waals surface area contributed by atoms with Crippen LogP contribution in [-0.4, -0.2) is 32.4 Å². The number of rotatable bonds is 4. The number of pyridine rings is 2. The molecule has 4 heterocycles. The minimum Gasteiger partial charge on any atom is -0.336 e. The Bertz CT molecular complexity index is 1120. The fourth-order valence-electron chi connectivity index (χ4n) is 2.60. The molecule has 0 bridgehead atoms. The highest BCUT2D eigenvalue weighted by Crippen LogP contribution is 2.25. The molecule has 0 saturated carbocycles. The van der Waals surface area contributed by atoms with Gasteiger partial charge in [-0.3, -0.25) is 9.97 Å². The van der Waals surface area contributed by atoms with Crippen LogP contribution in [0.4, 0.5) is 15.9 Å². The fourth-order valence-corrected chi connectivity index (χ4v) is 2.60. The van der Waals surface area contributed by atoms with Crippen molar-refractivity contribution in [2.24, 2.45) is 0 Å². The molecule has 0 aliphatic rings. The van der Waals surface area contributed by atoms with Gasteiger partial charge in [0.15, 0.2) is 19.5 Å². The van der Waals surface area contributed by atoms with E-state index in [4.69, 9.17) is 0 Å². The lowest BCUT2D eigenvalue weighted by atomic mass is 10.0. The Kier molecular flexibility index (Phi) is 3.93. The van der Waals surface area contributed by atoms with E-state index in [1.54, 1.807) is 16.7 Å². The van der Waals surface area contributed by atoms with Gasteiger partial charge in [-0.25, -0.2) is 13.9 Å². The van der Waals surface area contributed by atoms with Crippen molar-refractivity contribution in [2.75, 3.05) is 5.32 Å². The number of aromatic nitrogens is 5. The smallest absolute Gasteiger partial charge is 0.200 e. The Balaban J connectivity index is 1.90. The fraction of sp³-hybridized carbons (Fsp3) is 0. The summed E-state index contributed by atoms with van der Waals surface area (Å²) in [5, 5.41) is 7.56. The maximum atomic E-state index is 14.0. The third kappa shape index (κ3) is 2.92. The summed E-state index contributed by atoms with van der Waals surface area (Å²) in [6.07, 6.45) is 6.21. The van der Waals surface area contributed by atoms with E-state index in [-0.39, 0.29) is 5.69 Å². The first-order valence-electron chi connectivity index (χ1n) is 7.97. The minimum absolute atomic E-state index is 0.283. The Morgan fingerprint density at radius 3 is 2.88 bits per heavy atom. The molecule has 0 spiro atoms. The van der Waals surface area contributed by atoms with E-state index < -0.39 is 5.82 Å². The maximum absolute atomic E-state index is 14.0. The number of hydrogen-bond donors (Lipinski definition) is 1. The van der Waals surface area contributed by atoms with Crippen LogP contribution >= 0.6 is 0 Å². The number of nitrogens with zero attached hydrogens (tertiary/aromatic N) is 5. The van der Waals surface area contributed by atoms with Crippen LogP contribution in [0.5, 0.6) is 0 Å². The normalized spacial score (nSPS) is 10.8. The van der Waals surface area contributed by atoms with Crippen LogP contribution in [0.2, 0.25) is 0 Å². The molecule has 0 fully saturated rings. The van der Waals surface area contributed by atoms with Crippen LogP contribution in [0.3, 0.4) is 0 Å². The molecule has 0 aliphatic heterocycles. The van der Waals surface area contributed by atoms with Gasteiger partial charge in [-0.15, -0.1) is 5.10 Å². The van der Waals surface area contributed by atoms with E-state index >= 15 is 0 Å². The molecule has 4 aromatic rings. The molecule has 6 nitrogen and oxygen atoms in total. The van der Waals surface area contributed by atoms with Crippen LogP contribution in [0.15, 0.2) is 55.5 Å². The second-order valence-electron chi connectivity index (χ2n) is 5.74. The average Bonchev–Trinajstić information content (AvgIpc) is 3.07. The van der Waals surface area contributed by atoms with Gasteiger partial charge in [-0.2, -0.15) is 0 Å². The van der Waals surface area contributed by atoms with E-state index in [1.165, 1.54) is 6.20 Å². The predicted molar refractivity (Wildman–Crippen MR) is 102 cm³/mol.